The Kier molecular flexibility index (Phi) is 11.2. The number of hydrogen-bond donors (Lipinski definition) is 8. The third-order valence-electron chi connectivity index (χ3n) is 7.87. The first-order chi connectivity index (χ1) is 24.5. The van der Waals surface area contributed by atoms with Gasteiger partial charge >= 0.3 is 0 Å². The normalized spacial score (nSPS) is 10.7. The Bertz CT molecular complexity index is 1970. The maximum atomic E-state index is 9.38. The van der Waals surface area contributed by atoms with Crippen molar-refractivity contribution in [1.29, 1.82) is 0 Å². The summed E-state index contributed by atoms with van der Waals surface area (Å²) in [6, 6.07) is 40.0. The van der Waals surface area contributed by atoms with Crippen molar-refractivity contribution < 1.29 is 5.11 Å². The summed E-state index contributed by atoms with van der Waals surface area (Å²) in [6.45, 7) is 3.82. The van der Waals surface area contributed by atoms with Crippen molar-refractivity contribution >= 4 is 57.7 Å². The van der Waals surface area contributed by atoms with Crippen LogP contribution in [-0.2, 0) is 13.0 Å². The molecule has 0 aliphatic heterocycles. The minimum absolute atomic E-state index is 0.0459. The highest BCUT2D eigenvalue weighted by Crippen LogP contribution is 2.27. The van der Waals surface area contributed by atoms with Crippen molar-refractivity contribution in [2.45, 2.75) is 19.9 Å². The lowest BCUT2D eigenvalue weighted by Crippen LogP contribution is -2.12. The number of nitrogens with two attached hydrogens (primary N) is 1. The van der Waals surface area contributed by atoms with Gasteiger partial charge in [0.2, 0.25) is 17.8 Å². The molecular formula is C39H42N10O. The summed E-state index contributed by atoms with van der Waals surface area (Å²) < 4.78 is 0. The fraction of sp³-hybridized carbons (Fsp3) is 0.154. The highest BCUT2D eigenvalue weighted by atomic mass is 16.3. The van der Waals surface area contributed by atoms with E-state index in [0.29, 0.717) is 37.5 Å². The third-order valence-corrected chi connectivity index (χ3v) is 7.87. The molecule has 0 saturated carbocycles. The number of nitrogens with zero attached hydrogens (tertiary/aromatic N) is 3. The van der Waals surface area contributed by atoms with Crippen molar-refractivity contribution in [2.75, 3.05) is 57.3 Å². The second kappa shape index (κ2) is 16.7. The van der Waals surface area contributed by atoms with Gasteiger partial charge in [-0.25, -0.2) is 0 Å². The number of rotatable bonds is 16. The van der Waals surface area contributed by atoms with Crippen LogP contribution in [0.15, 0.2) is 121 Å². The van der Waals surface area contributed by atoms with E-state index in [1.54, 1.807) is 0 Å². The van der Waals surface area contributed by atoms with Crippen molar-refractivity contribution in [2.24, 2.45) is 0 Å². The summed E-state index contributed by atoms with van der Waals surface area (Å²) in [4.78, 5) is 14.0. The highest BCUT2D eigenvalue weighted by molar-refractivity contribution is 5.71. The molecule has 0 saturated heterocycles. The number of aromatic nitrogens is 3. The first kappa shape index (κ1) is 33.6. The van der Waals surface area contributed by atoms with Gasteiger partial charge in [0.1, 0.15) is 0 Å². The van der Waals surface area contributed by atoms with Crippen LogP contribution in [0.3, 0.4) is 0 Å². The number of aryl methyl sites for hydroxylation is 1. The molecule has 6 rings (SSSR count). The molecule has 1 heterocycles. The largest absolute Gasteiger partial charge is 0.399 e. The van der Waals surface area contributed by atoms with Crippen molar-refractivity contribution in [3.05, 3.63) is 138 Å². The molecule has 0 fully saturated rings. The Hall–Kier alpha value is -6.33. The smallest absolute Gasteiger partial charge is 0.233 e. The molecule has 0 unspecified atom stereocenters. The van der Waals surface area contributed by atoms with Gasteiger partial charge in [-0.05, 0) is 96.8 Å². The second-order valence-corrected chi connectivity index (χ2v) is 11.8. The van der Waals surface area contributed by atoms with E-state index in [9.17, 15) is 5.11 Å². The SMILES string of the molecule is Cc1ccc(Nc2nc(NCCc3ccc(N)cc3)nc(Nc3ccccc3)n2)cc1CNc1cc(NCCO)cc(Nc2ccccc2)c1. The topological polar surface area (TPSA) is 157 Å². The van der Waals surface area contributed by atoms with Gasteiger partial charge in [-0.2, -0.15) is 15.0 Å². The molecule has 11 nitrogen and oxygen atoms in total. The van der Waals surface area contributed by atoms with E-state index in [1.165, 1.54) is 5.56 Å². The summed E-state index contributed by atoms with van der Waals surface area (Å²) in [7, 11) is 0. The van der Waals surface area contributed by atoms with Crippen LogP contribution < -0.4 is 37.6 Å². The van der Waals surface area contributed by atoms with E-state index >= 15 is 0 Å². The number of nitrogens with one attached hydrogen (secondary N) is 6. The molecule has 0 aliphatic carbocycles. The Labute approximate surface area is 292 Å². The number of anilines is 10. The maximum Gasteiger partial charge on any atom is 0.233 e. The van der Waals surface area contributed by atoms with Crippen molar-refractivity contribution in [3.8, 4) is 0 Å². The molecule has 0 bridgehead atoms. The molecule has 9 N–H and O–H groups in total. The molecule has 0 amide bonds. The maximum absolute atomic E-state index is 9.38. The van der Waals surface area contributed by atoms with Gasteiger partial charge in [0.15, 0.2) is 0 Å². The number of benzene rings is 5. The predicted octanol–water partition coefficient (Wildman–Crippen LogP) is 7.66. The van der Waals surface area contributed by atoms with Gasteiger partial charge in [-0.3, -0.25) is 0 Å². The molecule has 0 radical (unpaired) electrons. The van der Waals surface area contributed by atoms with E-state index in [0.717, 1.165) is 57.4 Å². The summed E-state index contributed by atoms with van der Waals surface area (Å²) >= 11 is 0. The van der Waals surface area contributed by atoms with E-state index < -0.39 is 0 Å². The lowest BCUT2D eigenvalue weighted by molar-refractivity contribution is 0.311. The van der Waals surface area contributed by atoms with Gasteiger partial charge in [0, 0.05) is 59.4 Å². The van der Waals surface area contributed by atoms with Crippen LogP contribution in [0, 0.1) is 6.92 Å². The van der Waals surface area contributed by atoms with E-state index in [2.05, 4.69) is 72.0 Å². The van der Waals surface area contributed by atoms with Crippen LogP contribution >= 0.6 is 0 Å². The number of hydrogen-bond acceptors (Lipinski definition) is 11. The molecule has 0 aliphatic rings. The minimum atomic E-state index is 0.0459. The molecule has 11 heteroatoms. The van der Waals surface area contributed by atoms with E-state index in [4.69, 9.17) is 5.73 Å². The minimum Gasteiger partial charge on any atom is -0.399 e. The second-order valence-electron chi connectivity index (χ2n) is 11.8. The third kappa shape index (κ3) is 9.85. The lowest BCUT2D eigenvalue weighted by atomic mass is 10.1. The standard InChI is InChI=1S/C39H42N10O/c1-27-12-17-33(22-29(27)26-43-35-23-34(41-20-21-50)24-36(25-35)44-31-8-4-2-5-9-31)46-39-48-37(42-19-18-28-13-15-30(40)16-14-28)47-38(49-39)45-32-10-6-3-7-11-32/h2-17,22-25,41,43-44,50H,18-21,26,40H2,1H3,(H3,42,45,46,47,48,49). The van der Waals surface area contributed by atoms with Gasteiger partial charge in [-0.15, -0.1) is 0 Å². The van der Waals surface area contributed by atoms with E-state index in [-0.39, 0.29) is 6.61 Å². The van der Waals surface area contributed by atoms with Crippen LogP contribution in [0.2, 0.25) is 0 Å². The van der Waals surface area contributed by atoms with Gasteiger partial charge in [0.25, 0.3) is 0 Å². The zero-order valence-electron chi connectivity index (χ0n) is 27.9. The quantitative estimate of drug-likeness (QED) is 0.0480. The highest BCUT2D eigenvalue weighted by Gasteiger charge is 2.10. The average molecular weight is 667 g/mol. The molecule has 6 aromatic rings. The fourth-order valence-corrected chi connectivity index (χ4v) is 5.28. The molecule has 254 valence electrons. The van der Waals surface area contributed by atoms with Crippen LogP contribution in [0.25, 0.3) is 0 Å². The van der Waals surface area contributed by atoms with Crippen LogP contribution in [0.1, 0.15) is 16.7 Å². The molecule has 0 spiro atoms. The Balaban J connectivity index is 1.18. The molecule has 5 aromatic carbocycles. The Morgan fingerprint density at radius 3 is 1.82 bits per heavy atom. The van der Waals surface area contributed by atoms with Crippen LogP contribution in [0.5, 0.6) is 0 Å². The Morgan fingerprint density at radius 2 is 1.14 bits per heavy atom. The fourth-order valence-electron chi connectivity index (χ4n) is 5.28. The summed E-state index contributed by atoms with van der Waals surface area (Å²) in [6.07, 6.45) is 0.786. The van der Waals surface area contributed by atoms with Gasteiger partial charge in [0.05, 0.1) is 6.61 Å². The summed E-state index contributed by atoms with van der Waals surface area (Å²) in [5.74, 6) is 1.29. The number of nitrogen functional groups attached to an aromatic ring is 1. The molecule has 0 atom stereocenters. The number of aliphatic hydroxyl groups is 1. The van der Waals surface area contributed by atoms with Crippen molar-refractivity contribution in [3.63, 3.8) is 0 Å². The average Bonchev–Trinajstić information content (AvgIpc) is 3.12. The summed E-state index contributed by atoms with van der Waals surface area (Å²) in [5, 5.41) is 29.7. The first-order valence-corrected chi connectivity index (χ1v) is 16.6. The van der Waals surface area contributed by atoms with Crippen LogP contribution in [0.4, 0.5) is 57.7 Å². The summed E-state index contributed by atoms with van der Waals surface area (Å²) in [5.41, 5.74) is 15.5. The number of para-hydroxylation sites is 2. The Morgan fingerprint density at radius 1 is 0.540 bits per heavy atom. The van der Waals surface area contributed by atoms with Gasteiger partial charge in [-0.1, -0.05) is 54.6 Å². The molecule has 50 heavy (non-hydrogen) atoms. The number of aliphatic hydroxyl groups excluding tert-OH is 1. The predicted molar refractivity (Wildman–Crippen MR) is 206 cm³/mol. The monoisotopic (exact) mass is 666 g/mol. The van der Waals surface area contributed by atoms with Crippen molar-refractivity contribution in [1.82, 2.24) is 15.0 Å². The zero-order chi connectivity index (χ0) is 34.5. The molecular weight excluding hydrogens is 624 g/mol. The van der Waals surface area contributed by atoms with Crippen LogP contribution in [-0.4, -0.2) is 39.8 Å². The van der Waals surface area contributed by atoms with Gasteiger partial charge < -0.3 is 42.7 Å². The van der Waals surface area contributed by atoms with E-state index in [1.807, 2.05) is 103 Å². The lowest BCUT2D eigenvalue weighted by Gasteiger charge is -2.16. The molecule has 1 aromatic heterocycles. The zero-order valence-corrected chi connectivity index (χ0v) is 27.9. The first-order valence-electron chi connectivity index (χ1n) is 16.6.